The molecule has 0 saturated heterocycles. The highest BCUT2D eigenvalue weighted by atomic mass is 19.3. The Morgan fingerprint density at radius 2 is 1.57 bits per heavy atom. The van der Waals surface area contributed by atoms with E-state index >= 15 is 0 Å². The van der Waals surface area contributed by atoms with Gasteiger partial charge in [-0.25, -0.2) is 9.59 Å². The lowest BCUT2D eigenvalue weighted by atomic mass is 9.82. The van der Waals surface area contributed by atoms with Crippen LogP contribution in [0.4, 0.5) is 13.6 Å². The molecule has 9 heteroatoms. The molecule has 0 radical (unpaired) electrons. The number of ether oxygens (including phenoxy) is 1. The standard InChI is InChI=1S/C26H28F2N2O5/c27-26(28,24(32)33)15-29-23(31)13-16-7-1-6-12-22(16)30-25(34)35-14-21-19-10-4-2-8-17(19)18-9-3-5-11-20(18)21/h2-5,8-11,16,21-22H,1,6-7,12-15H2,(H,29,31)(H,30,34)(H,32,33). The van der Waals surface area contributed by atoms with Gasteiger partial charge in [0.05, 0.1) is 6.54 Å². The molecule has 7 nitrogen and oxygen atoms in total. The highest BCUT2D eigenvalue weighted by Gasteiger charge is 2.39. The summed E-state index contributed by atoms with van der Waals surface area (Å²) in [4.78, 5) is 35.3. The van der Waals surface area contributed by atoms with Crippen LogP contribution in [0.15, 0.2) is 48.5 Å². The number of fused-ring (bicyclic) bond motifs is 3. The summed E-state index contributed by atoms with van der Waals surface area (Å²) in [5.74, 6) is -7.30. The molecule has 0 aliphatic heterocycles. The fourth-order valence-electron chi connectivity index (χ4n) is 5.03. The summed E-state index contributed by atoms with van der Waals surface area (Å²) in [6, 6.07) is 15.7. The average Bonchev–Trinajstić information content (AvgIpc) is 3.16. The molecule has 0 bridgehead atoms. The number of benzene rings is 2. The highest BCUT2D eigenvalue weighted by Crippen LogP contribution is 2.44. The maximum atomic E-state index is 13.2. The number of rotatable bonds is 8. The SMILES string of the molecule is O=C(CC1CCCCC1NC(=O)OCC1c2ccccc2-c2ccccc21)NCC(F)(F)C(=O)O. The molecule has 1 fully saturated rings. The Morgan fingerprint density at radius 1 is 0.971 bits per heavy atom. The summed E-state index contributed by atoms with van der Waals surface area (Å²) in [6.45, 7) is -1.10. The average molecular weight is 487 g/mol. The number of amides is 2. The van der Waals surface area contributed by atoms with Crippen LogP contribution in [-0.2, 0) is 14.3 Å². The normalized spacial score (nSPS) is 19.4. The number of carbonyl (C=O) groups is 3. The third kappa shape index (κ3) is 5.61. The van der Waals surface area contributed by atoms with Gasteiger partial charge >= 0.3 is 18.0 Å². The molecule has 2 aliphatic carbocycles. The Hall–Kier alpha value is -3.49. The number of halogens is 2. The second kappa shape index (κ2) is 10.4. The fraction of sp³-hybridized carbons (Fsp3) is 0.423. The van der Waals surface area contributed by atoms with Gasteiger partial charge in [0, 0.05) is 18.4 Å². The first-order chi connectivity index (χ1) is 16.8. The van der Waals surface area contributed by atoms with Crippen molar-refractivity contribution in [1.29, 1.82) is 0 Å². The molecular weight excluding hydrogens is 458 g/mol. The molecule has 0 heterocycles. The van der Waals surface area contributed by atoms with Crippen LogP contribution in [0.5, 0.6) is 0 Å². The molecule has 0 spiro atoms. The molecule has 2 atom stereocenters. The zero-order valence-electron chi connectivity index (χ0n) is 19.1. The van der Waals surface area contributed by atoms with Gasteiger partial charge in [0.1, 0.15) is 6.61 Å². The molecule has 2 amide bonds. The van der Waals surface area contributed by atoms with Gasteiger partial charge in [-0.2, -0.15) is 8.78 Å². The largest absolute Gasteiger partial charge is 0.477 e. The van der Waals surface area contributed by atoms with Crippen molar-refractivity contribution in [3.05, 3.63) is 59.7 Å². The number of hydrogen-bond acceptors (Lipinski definition) is 4. The van der Waals surface area contributed by atoms with E-state index in [2.05, 4.69) is 17.4 Å². The van der Waals surface area contributed by atoms with Crippen LogP contribution in [0.3, 0.4) is 0 Å². The number of alkyl halides is 2. The fourth-order valence-corrected chi connectivity index (χ4v) is 5.03. The number of carbonyl (C=O) groups excluding carboxylic acids is 2. The second-order valence-corrected chi connectivity index (χ2v) is 9.11. The predicted octanol–water partition coefficient (Wildman–Crippen LogP) is 4.31. The lowest BCUT2D eigenvalue weighted by Gasteiger charge is -2.31. The maximum absolute atomic E-state index is 13.2. The quantitative estimate of drug-likeness (QED) is 0.516. The Morgan fingerprint density at radius 3 is 2.20 bits per heavy atom. The maximum Gasteiger partial charge on any atom is 0.407 e. The van der Waals surface area contributed by atoms with Crippen molar-refractivity contribution >= 4 is 18.0 Å². The molecular formula is C26H28F2N2O5. The third-order valence-electron chi connectivity index (χ3n) is 6.82. The van der Waals surface area contributed by atoms with Gasteiger partial charge < -0.3 is 20.5 Å². The van der Waals surface area contributed by atoms with Gasteiger partial charge in [-0.15, -0.1) is 0 Å². The van der Waals surface area contributed by atoms with E-state index in [-0.39, 0.29) is 30.9 Å². The molecule has 2 aromatic carbocycles. The second-order valence-electron chi connectivity index (χ2n) is 9.11. The van der Waals surface area contributed by atoms with E-state index in [9.17, 15) is 23.2 Å². The molecule has 2 unspecified atom stereocenters. The Bertz CT molecular complexity index is 1060. The van der Waals surface area contributed by atoms with Crippen LogP contribution in [0.25, 0.3) is 11.1 Å². The van der Waals surface area contributed by atoms with Gasteiger partial charge in [-0.1, -0.05) is 61.4 Å². The molecule has 186 valence electrons. The van der Waals surface area contributed by atoms with Crippen LogP contribution in [0, 0.1) is 5.92 Å². The number of carboxylic acid groups (broad SMARTS) is 1. The van der Waals surface area contributed by atoms with Crippen molar-refractivity contribution < 1.29 is 33.0 Å². The van der Waals surface area contributed by atoms with Crippen molar-refractivity contribution in [2.24, 2.45) is 5.92 Å². The smallest absolute Gasteiger partial charge is 0.407 e. The van der Waals surface area contributed by atoms with Crippen molar-refractivity contribution in [2.75, 3.05) is 13.2 Å². The van der Waals surface area contributed by atoms with Gasteiger partial charge in [-0.3, -0.25) is 4.79 Å². The summed E-state index contributed by atoms with van der Waals surface area (Å²) >= 11 is 0. The summed E-state index contributed by atoms with van der Waals surface area (Å²) in [5.41, 5.74) is 4.46. The summed E-state index contributed by atoms with van der Waals surface area (Å²) in [6.07, 6.45) is 2.35. The Kier molecular flexibility index (Phi) is 7.33. The van der Waals surface area contributed by atoms with Crippen molar-refractivity contribution in [3.63, 3.8) is 0 Å². The third-order valence-corrected chi connectivity index (χ3v) is 6.82. The van der Waals surface area contributed by atoms with Gasteiger partial charge in [-0.05, 0) is 41.0 Å². The van der Waals surface area contributed by atoms with E-state index in [0.717, 1.165) is 35.1 Å². The molecule has 2 aliphatic rings. The topological polar surface area (TPSA) is 105 Å². The Balaban J connectivity index is 1.32. The van der Waals surface area contributed by atoms with Gasteiger partial charge in [0.15, 0.2) is 0 Å². The van der Waals surface area contributed by atoms with E-state index < -0.39 is 30.4 Å². The van der Waals surface area contributed by atoms with Crippen LogP contribution >= 0.6 is 0 Å². The molecule has 35 heavy (non-hydrogen) atoms. The number of aliphatic carboxylic acids is 1. The van der Waals surface area contributed by atoms with E-state index in [1.807, 2.05) is 41.7 Å². The van der Waals surface area contributed by atoms with Crippen LogP contribution in [0.1, 0.15) is 49.1 Å². The molecule has 3 N–H and O–H groups in total. The summed E-state index contributed by atoms with van der Waals surface area (Å²) < 4.78 is 32.1. The van der Waals surface area contributed by atoms with Crippen molar-refractivity contribution in [3.8, 4) is 11.1 Å². The molecule has 0 aromatic heterocycles. The van der Waals surface area contributed by atoms with Gasteiger partial charge in [0.25, 0.3) is 0 Å². The first-order valence-corrected chi connectivity index (χ1v) is 11.8. The lowest BCUT2D eigenvalue weighted by Crippen LogP contribution is -2.46. The van der Waals surface area contributed by atoms with Crippen molar-refractivity contribution in [2.45, 2.75) is 50.0 Å². The predicted molar refractivity (Wildman–Crippen MR) is 124 cm³/mol. The summed E-state index contributed by atoms with van der Waals surface area (Å²) in [7, 11) is 0. The number of alkyl carbamates (subject to hydrolysis) is 1. The van der Waals surface area contributed by atoms with E-state index in [1.165, 1.54) is 0 Å². The number of carboxylic acids is 1. The van der Waals surface area contributed by atoms with E-state index in [1.54, 1.807) is 0 Å². The van der Waals surface area contributed by atoms with Gasteiger partial charge in [0.2, 0.25) is 5.91 Å². The Labute approximate surface area is 201 Å². The first kappa shape index (κ1) is 24.6. The first-order valence-electron chi connectivity index (χ1n) is 11.8. The number of hydrogen-bond donors (Lipinski definition) is 3. The minimum atomic E-state index is -4.03. The highest BCUT2D eigenvalue weighted by molar-refractivity contribution is 5.80. The zero-order valence-corrected chi connectivity index (χ0v) is 19.1. The zero-order chi connectivity index (χ0) is 25.0. The lowest BCUT2D eigenvalue weighted by molar-refractivity contribution is -0.164. The molecule has 4 rings (SSSR count). The summed E-state index contributed by atoms with van der Waals surface area (Å²) in [5, 5.41) is 13.3. The van der Waals surface area contributed by atoms with Crippen LogP contribution < -0.4 is 10.6 Å². The minimum Gasteiger partial charge on any atom is -0.477 e. The van der Waals surface area contributed by atoms with E-state index in [0.29, 0.717) is 12.8 Å². The monoisotopic (exact) mass is 486 g/mol. The van der Waals surface area contributed by atoms with Crippen LogP contribution in [-0.4, -0.2) is 48.2 Å². The molecule has 2 aromatic rings. The van der Waals surface area contributed by atoms with E-state index in [4.69, 9.17) is 9.84 Å². The molecule has 1 saturated carbocycles. The van der Waals surface area contributed by atoms with Crippen molar-refractivity contribution in [1.82, 2.24) is 10.6 Å². The minimum absolute atomic E-state index is 0.0722. The van der Waals surface area contributed by atoms with Crippen LogP contribution in [0.2, 0.25) is 0 Å². The number of nitrogens with one attached hydrogen (secondary N) is 2.